The average Bonchev–Trinajstić information content (AvgIpc) is 3.12. The van der Waals surface area contributed by atoms with Gasteiger partial charge in [0.2, 0.25) is 0 Å². The number of carbonyl (C=O) groups is 1. The van der Waals surface area contributed by atoms with Gasteiger partial charge < -0.3 is 10.6 Å². The topological polar surface area (TPSA) is 66.9 Å². The van der Waals surface area contributed by atoms with E-state index in [0.717, 1.165) is 25.1 Å². The van der Waals surface area contributed by atoms with Gasteiger partial charge in [0, 0.05) is 18.2 Å². The van der Waals surface area contributed by atoms with Crippen molar-refractivity contribution in [3.05, 3.63) is 17.6 Å². The monoisotopic (exact) mass is 248 g/mol. The molecule has 1 atom stereocenters. The first-order valence-corrected chi connectivity index (χ1v) is 6.51. The SMILES string of the molecule is CCC(C)Nc1cc(C(=O)NC2CC2)nc(C)n1. The van der Waals surface area contributed by atoms with Crippen LogP contribution in [0.15, 0.2) is 6.07 Å². The van der Waals surface area contributed by atoms with Crippen LogP contribution in [0.25, 0.3) is 0 Å². The molecule has 1 heterocycles. The van der Waals surface area contributed by atoms with Crippen LogP contribution in [0.3, 0.4) is 0 Å². The smallest absolute Gasteiger partial charge is 0.270 e. The minimum absolute atomic E-state index is 0.102. The molecule has 5 heteroatoms. The lowest BCUT2D eigenvalue weighted by Gasteiger charge is -2.13. The fourth-order valence-electron chi connectivity index (χ4n) is 1.60. The minimum atomic E-state index is -0.102. The Morgan fingerprint density at radius 2 is 2.22 bits per heavy atom. The number of amides is 1. The summed E-state index contributed by atoms with van der Waals surface area (Å²) in [6, 6.07) is 2.40. The van der Waals surface area contributed by atoms with Gasteiger partial charge in [0.1, 0.15) is 17.3 Å². The second kappa shape index (κ2) is 5.33. The summed E-state index contributed by atoms with van der Waals surface area (Å²) in [4.78, 5) is 20.4. The number of rotatable bonds is 5. The third-order valence-corrected chi connectivity index (χ3v) is 2.99. The molecule has 2 N–H and O–H groups in total. The van der Waals surface area contributed by atoms with Crippen LogP contribution in [0, 0.1) is 6.92 Å². The zero-order valence-corrected chi connectivity index (χ0v) is 11.2. The first kappa shape index (κ1) is 12.8. The summed E-state index contributed by atoms with van der Waals surface area (Å²) in [5.41, 5.74) is 0.445. The Morgan fingerprint density at radius 1 is 1.50 bits per heavy atom. The Labute approximate surface area is 107 Å². The first-order chi connectivity index (χ1) is 8.58. The predicted molar refractivity (Wildman–Crippen MR) is 70.6 cm³/mol. The number of aromatic nitrogens is 2. The van der Waals surface area contributed by atoms with E-state index in [4.69, 9.17) is 0 Å². The van der Waals surface area contributed by atoms with Crippen LogP contribution in [0.2, 0.25) is 0 Å². The second-order valence-electron chi connectivity index (χ2n) is 4.89. The second-order valence-corrected chi connectivity index (χ2v) is 4.89. The van der Waals surface area contributed by atoms with E-state index in [0.29, 0.717) is 23.6 Å². The number of hydrogen-bond acceptors (Lipinski definition) is 4. The van der Waals surface area contributed by atoms with Gasteiger partial charge in [0.25, 0.3) is 5.91 Å². The summed E-state index contributed by atoms with van der Waals surface area (Å²) in [5, 5.41) is 6.20. The van der Waals surface area contributed by atoms with Crippen molar-refractivity contribution in [1.29, 1.82) is 0 Å². The maximum Gasteiger partial charge on any atom is 0.270 e. The minimum Gasteiger partial charge on any atom is -0.368 e. The average molecular weight is 248 g/mol. The highest BCUT2D eigenvalue weighted by Crippen LogP contribution is 2.19. The molecule has 0 aromatic carbocycles. The Hall–Kier alpha value is -1.65. The fraction of sp³-hybridized carbons (Fsp3) is 0.615. The van der Waals surface area contributed by atoms with Gasteiger partial charge in [-0.1, -0.05) is 6.92 Å². The molecule has 0 aliphatic heterocycles. The van der Waals surface area contributed by atoms with E-state index >= 15 is 0 Å². The largest absolute Gasteiger partial charge is 0.368 e. The maximum atomic E-state index is 11.9. The number of aryl methyl sites for hydroxylation is 1. The van der Waals surface area contributed by atoms with E-state index in [1.807, 2.05) is 0 Å². The lowest BCUT2D eigenvalue weighted by Crippen LogP contribution is -2.27. The molecule has 1 unspecified atom stereocenters. The molecule has 0 saturated heterocycles. The van der Waals surface area contributed by atoms with Crippen molar-refractivity contribution < 1.29 is 4.79 Å². The molecule has 0 radical (unpaired) electrons. The van der Waals surface area contributed by atoms with E-state index < -0.39 is 0 Å². The Morgan fingerprint density at radius 3 is 2.83 bits per heavy atom. The predicted octanol–water partition coefficient (Wildman–Crippen LogP) is 1.89. The summed E-state index contributed by atoms with van der Waals surface area (Å²) in [5.74, 6) is 1.23. The lowest BCUT2D eigenvalue weighted by atomic mass is 10.2. The summed E-state index contributed by atoms with van der Waals surface area (Å²) < 4.78 is 0. The number of nitrogens with zero attached hydrogens (tertiary/aromatic N) is 2. The van der Waals surface area contributed by atoms with Crippen molar-refractivity contribution in [2.75, 3.05) is 5.32 Å². The zero-order chi connectivity index (χ0) is 13.1. The number of anilines is 1. The molecule has 98 valence electrons. The molecule has 0 bridgehead atoms. The molecule has 1 saturated carbocycles. The van der Waals surface area contributed by atoms with Crippen LogP contribution in [0.1, 0.15) is 49.4 Å². The summed E-state index contributed by atoms with van der Waals surface area (Å²) in [6.07, 6.45) is 3.16. The van der Waals surface area contributed by atoms with E-state index in [9.17, 15) is 4.79 Å². The lowest BCUT2D eigenvalue weighted by molar-refractivity contribution is 0.0945. The molecular weight excluding hydrogens is 228 g/mol. The Balaban J connectivity index is 2.11. The molecule has 1 aromatic rings. The van der Waals surface area contributed by atoms with Crippen LogP contribution in [0.4, 0.5) is 5.82 Å². The van der Waals surface area contributed by atoms with Crippen molar-refractivity contribution in [2.45, 2.75) is 52.1 Å². The van der Waals surface area contributed by atoms with Crippen LogP contribution in [0.5, 0.6) is 0 Å². The molecule has 1 aliphatic rings. The van der Waals surface area contributed by atoms with Gasteiger partial charge in [-0.15, -0.1) is 0 Å². The normalized spacial score (nSPS) is 16.2. The van der Waals surface area contributed by atoms with Crippen LogP contribution >= 0.6 is 0 Å². The number of nitrogens with one attached hydrogen (secondary N) is 2. The fourth-order valence-corrected chi connectivity index (χ4v) is 1.60. The quantitative estimate of drug-likeness (QED) is 0.835. The third kappa shape index (κ3) is 3.42. The Kier molecular flexibility index (Phi) is 3.79. The maximum absolute atomic E-state index is 11.9. The number of carbonyl (C=O) groups excluding carboxylic acids is 1. The molecule has 18 heavy (non-hydrogen) atoms. The van der Waals surface area contributed by atoms with Gasteiger partial charge in [0.05, 0.1) is 0 Å². The van der Waals surface area contributed by atoms with Crippen molar-refractivity contribution in [3.8, 4) is 0 Å². The van der Waals surface area contributed by atoms with Crippen LogP contribution in [-0.2, 0) is 0 Å². The molecule has 1 amide bonds. The molecule has 5 nitrogen and oxygen atoms in total. The number of hydrogen-bond donors (Lipinski definition) is 2. The highest BCUT2D eigenvalue weighted by Gasteiger charge is 2.24. The van der Waals surface area contributed by atoms with Crippen molar-refractivity contribution in [1.82, 2.24) is 15.3 Å². The van der Waals surface area contributed by atoms with Crippen molar-refractivity contribution in [3.63, 3.8) is 0 Å². The zero-order valence-electron chi connectivity index (χ0n) is 11.2. The first-order valence-electron chi connectivity index (χ1n) is 6.51. The molecular formula is C13H20N4O. The standard InChI is InChI=1S/C13H20N4O/c1-4-8(2)14-12-7-11(15-9(3)16-12)13(18)17-10-5-6-10/h7-8,10H,4-6H2,1-3H3,(H,17,18)(H,14,15,16). The van der Waals surface area contributed by atoms with E-state index in [-0.39, 0.29) is 5.91 Å². The molecule has 1 fully saturated rings. The molecule has 1 aromatic heterocycles. The van der Waals surface area contributed by atoms with Gasteiger partial charge in [-0.3, -0.25) is 4.79 Å². The van der Waals surface area contributed by atoms with Crippen LogP contribution in [-0.4, -0.2) is 28.0 Å². The summed E-state index contributed by atoms with van der Waals surface area (Å²) in [6.45, 7) is 5.99. The highest BCUT2D eigenvalue weighted by molar-refractivity contribution is 5.93. The summed E-state index contributed by atoms with van der Waals surface area (Å²) >= 11 is 0. The summed E-state index contributed by atoms with van der Waals surface area (Å²) in [7, 11) is 0. The molecule has 0 spiro atoms. The van der Waals surface area contributed by atoms with Gasteiger partial charge in [-0.2, -0.15) is 0 Å². The highest BCUT2D eigenvalue weighted by atomic mass is 16.2. The van der Waals surface area contributed by atoms with E-state index in [1.165, 1.54) is 0 Å². The van der Waals surface area contributed by atoms with Gasteiger partial charge in [0.15, 0.2) is 0 Å². The van der Waals surface area contributed by atoms with Gasteiger partial charge in [-0.25, -0.2) is 9.97 Å². The van der Waals surface area contributed by atoms with Gasteiger partial charge in [-0.05, 0) is 33.1 Å². The van der Waals surface area contributed by atoms with E-state index in [1.54, 1.807) is 13.0 Å². The van der Waals surface area contributed by atoms with Crippen molar-refractivity contribution in [2.24, 2.45) is 0 Å². The Bertz CT molecular complexity index is 443. The third-order valence-electron chi connectivity index (χ3n) is 2.99. The van der Waals surface area contributed by atoms with Crippen molar-refractivity contribution >= 4 is 11.7 Å². The van der Waals surface area contributed by atoms with Gasteiger partial charge >= 0.3 is 0 Å². The van der Waals surface area contributed by atoms with Crippen LogP contribution < -0.4 is 10.6 Å². The molecule has 2 rings (SSSR count). The molecule has 1 aliphatic carbocycles. The van der Waals surface area contributed by atoms with E-state index in [2.05, 4.69) is 34.4 Å².